The van der Waals surface area contributed by atoms with Crippen LogP contribution < -0.4 is 5.32 Å². The lowest BCUT2D eigenvalue weighted by Gasteiger charge is -2.10. The number of fused-ring (bicyclic) bond motifs is 1. The quantitative estimate of drug-likeness (QED) is 0.822. The van der Waals surface area contributed by atoms with Crippen LogP contribution in [0.4, 0.5) is 5.69 Å². The van der Waals surface area contributed by atoms with E-state index < -0.39 is 6.10 Å². The summed E-state index contributed by atoms with van der Waals surface area (Å²) >= 11 is 11.8. The van der Waals surface area contributed by atoms with E-state index in [9.17, 15) is 5.11 Å². The summed E-state index contributed by atoms with van der Waals surface area (Å²) in [6.45, 7) is 4.47. The van der Waals surface area contributed by atoms with E-state index in [1.165, 1.54) is 0 Å². The molecule has 2 rings (SSSR count). The van der Waals surface area contributed by atoms with Crippen molar-refractivity contribution in [3.05, 3.63) is 28.5 Å². The first kappa shape index (κ1) is 14.5. The molecule has 0 amide bonds. The summed E-state index contributed by atoms with van der Waals surface area (Å²) in [5.74, 6) is 1.16. The minimum absolute atomic E-state index is 0.202. The van der Waals surface area contributed by atoms with Gasteiger partial charge in [-0.15, -0.1) is 11.6 Å². The monoisotopic (exact) mass is 301 g/mol. The predicted molar refractivity (Wildman–Crippen MR) is 80.6 cm³/mol. The first-order valence-corrected chi connectivity index (χ1v) is 7.17. The molecular formula is C14H17Cl2NO2. The van der Waals surface area contributed by atoms with E-state index >= 15 is 0 Å². The number of halogens is 2. The summed E-state index contributed by atoms with van der Waals surface area (Å²) in [6.07, 6.45) is 0.262. The van der Waals surface area contributed by atoms with Gasteiger partial charge in [0.2, 0.25) is 0 Å². The molecule has 1 heterocycles. The Morgan fingerprint density at radius 2 is 2.16 bits per heavy atom. The Hall–Kier alpha value is -0.900. The molecule has 0 saturated carbocycles. The number of benzene rings is 1. The molecule has 0 radical (unpaired) electrons. The summed E-state index contributed by atoms with van der Waals surface area (Å²) in [5, 5.41) is 14.2. The number of alkyl halides is 1. The number of nitrogens with one attached hydrogen (secondary N) is 1. The van der Waals surface area contributed by atoms with Gasteiger partial charge in [0.25, 0.3) is 0 Å². The second-order valence-electron chi connectivity index (χ2n) is 4.53. The van der Waals surface area contributed by atoms with Gasteiger partial charge in [-0.25, -0.2) is 0 Å². The molecule has 0 saturated heterocycles. The van der Waals surface area contributed by atoms with Crippen LogP contribution in [0.1, 0.15) is 18.2 Å². The fourth-order valence-corrected chi connectivity index (χ4v) is 2.42. The summed E-state index contributed by atoms with van der Waals surface area (Å²) in [5.41, 5.74) is 2.69. The van der Waals surface area contributed by atoms with Crippen LogP contribution in [0.25, 0.3) is 11.0 Å². The maximum atomic E-state index is 9.45. The largest absolute Gasteiger partial charge is 0.459 e. The second-order valence-corrected chi connectivity index (χ2v) is 5.24. The second kappa shape index (κ2) is 6.04. The average Bonchev–Trinajstić information content (AvgIpc) is 2.73. The predicted octanol–water partition coefficient (Wildman–Crippen LogP) is 3.97. The van der Waals surface area contributed by atoms with Crippen LogP contribution in [0, 0.1) is 6.92 Å². The zero-order chi connectivity index (χ0) is 14.0. The molecule has 1 aromatic heterocycles. The Bertz CT molecular complexity index is 580. The van der Waals surface area contributed by atoms with Crippen molar-refractivity contribution in [3.8, 4) is 0 Å². The minimum Gasteiger partial charge on any atom is -0.459 e. The molecule has 0 aliphatic rings. The first-order chi connectivity index (χ1) is 9.06. The van der Waals surface area contributed by atoms with E-state index in [0.717, 1.165) is 34.4 Å². The van der Waals surface area contributed by atoms with Gasteiger partial charge in [-0.05, 0) is 24.6 Å². The van der Waals surface area contributed by atoms with Gasteiger partial charge in [0.15, 0.2) is 5.58 Å². The lowest BCUT2D eigenvalue weighted by molar-refractivity contribution is 0.211. The van der Waals surface area contributed by atoms with Crippen LogP contribution in [0.2, 0.25) is 5.02 Å². The molecule has 1 aromatic carbocycles. The highest BCUT2D eigenvalue weighted by Crippen LogP contribution is 2.34. The molecule has 0 spiro atoms. The van der Waals surface area contributed by atoms with Crippen molar-refractivity contribution in [2.24, 2.45) is 0 Å². The van der Waals surface area contributed by atoms with Crippen LogP contribution in [0.3, 0.4) is 0 Å². The first-order valence-electron chi connectivity index (χ1n) is 6.26. The SMILES string of the molecule is CCc1oc2c(Cl)cc(NCC(O)CCl)cc2c1C. The number of aryl methyl sites for hydroxylation is 2. The van der Waals surface area contributed by atoms with Gasteiger partial charge in [0, 0.05) is 24.0 Å². The Morgan fingerprint density at radius 1 is 1.42 bits per heavy atom. The molecular weight excluding hydrogens is 285 g/mol. The van der Waals surface area contributed by atoms with Crippen LogP contribution in [0.5, 0.6) is 0 Å². The molecule has 19 heavy (non-hydrogen) atoms. The van der Waals surface area contributed by atoms with Gasteiger partial charge in [0.05, 0.1) is 17.0 Å². The van der Waals surface area contributed by atoms with Crippen LogP contribution in [-0.2, 0) is 6.42 Å². The highest BCUT2D eigenvalue weighted by molar-refractivity contribution is 6.35. The Kier molecular flexibility index (Phi) is 4.61. The minimum atomic E-state index is -0.576. The average molecular weight is 302 g/mol. The Morgan fingerprint density at radius 3 is 2.79 bits per heavy atom. The van der Waals surface area contributed by atoms with Gasteiger partial charge < -0.3 is 14.8 Å². The third kappa shape index (κ3) is 2.99. The topological polar surface area (TPSA) is 45.4 Å². The number of aliphatic hydroxyl groups is 1. The standard InChI is InChI=1S/C14H17Cl2NO2/c1-3-13-8(2)11-4-9(17-7-10(18)6-15)5-12(16)14(11)19-13/h4-5,10,17-18H,3,6-7H2,1-2H3. The van der Waals surface area contributed by atoms with Crippen LogP contribution in [0.15, 0.2) is 16.5 Å². The molecule has 1 atom stereocenters. The molecule has 0 aliphatic carbocycles. The van der Waals surface area contributed by atoms with Crippen molar-refractivity contribution in [1.82, 2.24) is 0 Å². The number of aliphatic hydroxyl groups excluding tert-OH is 1. The zero-order valence-corrected chi connectivity index (χ0v) is 12.5. The highest BCUT2D eigenvalue weighted by atomic mass is 35.5. The number of furan rings is 1. The fraction of sp³-hybridized carbons (Fsp3) is 0.429. The molecule has 0 aliphatic heterocycles. The normalized spacial score (nSPS) is 12.9. The van der Waals surface area contributed by atoms with Crippen LogP contribution >= 0.6 is 23.2 Å². The Labute approximate surface area is 122 Å². The van der Waals surface area contributed by atoms with E-state index in [2.05, 4.69) is 12.2 Å². The van der Waals surface area contributed by atoms with Gasteiger partial charge >= 0.3 is 0 Å². The molecule has 2 aromatic rings. The van der Waals surface area contributed by atoms with Crippen molar-refractivity contribution in [1.29, 1.82) is 0 Å². The van der Waals surface area contributed by atoms with E-state index in [0.29, 0.717) is 11.6 Å². The Balaban J connectivity index is 2.35. The molecule has 0 bridgehead atoms. The van der Waals surface area contributed by atoms with E-state index in [1.807, 2.05) is 13.0 Å². The summed E-state index contributed by atoms with van der Waals surface area (Å²) in [6, 6.07) is 3.79. The summed E-state index contributed by atoms with van der Waals surface area (Å²) in [4.78, 5) is 0. The van der Waals surface area contributed by atoms with Gasteiger partial charge in [-0.1, -0.05) is 18.5 Å². The third-order valence-corrected chi connectivity index (χ3v) is 3.77. The maximum Gasteiger partial charge on any atom is 0.153 e. The molecule has 2 N–H and O–H groups in total. The van der Waals surface area contributed by atoms with Crippen LogP contribution in [-0.4, -0.2) is 23.6 Å². The number of hydrogen-bond acceptors (Lipinski definition) is 3. The number of anilines is 1. The number of rotatable bonds is 5. The van der Waals surface area contributed by atoms with Crippen molar-refractivity contribution in [3.63, 3.8) is 0 Å². The van der Waals surface area contributed by atoms with E-state index in [4.69, 9.17) is 27.6 Å². The smallest absolute Gasteiger partial charge is 0.153 e. The van der Waals surface area contributed by atoms with E-state index in [-0.39, 0.29) is 5.88 Å². The van der Waals surface area contributed by atoms with Crippen molar-refractivity contribution >= 4 is 39.9 Å². The van der Waals surface area contributed by atoms with Gasteiger partial charge in [0.1, 0.15) is 5.76 Å². The lowest BCUT2D eigenvalue weighted by Crippen LogP contribution is -2.20. The van der Waals surface area contributed by atoms with Crippen molar-refractivity contribution in [2.75, 3.05) is 17.7 Å². The van der Waals surface area contributed by atoms with Crippen molar-refractivity contribution < 1.29 is 9.52 Å². The zero-order valence-electron chi connectivity index (χ0n) is 11.0. The maximum absolute atomic E-state index is 9.45. The molecule has 3 nitrogen and oxygen atoms in total. The molecule has 1 unspecified atom stereocenters. The fourth-order valence-electron chi connectivity index (χ4n) is 2.06. The molecule has 0 fully saturated rings. The summed E-state index contributed by atoms with van der Waals surface area (Å²) < 4.78 is 5.75. The highest BCUT2D eigenvalue weighted by Gasteiger charge is 2.13. The lowest BCUT2D eigenvalue weighted by atomic mass is 10.1. The van der Waals surface area contributed by atoms with Gasteiger partial charge in [-0.2, -0.15) is 0 Å². The number of hydrogen-bond donors (Lipinski definition) is 2. The molecule has 104 valence electrons. The van der Waals surface area contributed by atoms with Crippen molar-refractivity contribution in [2.45, 2.75) is 26.4 Å². The third-order valence-electron chi connectivity index (χ3n) is 3.13. The molecule has 5 heteroatoms. The van der Waals surface area contributed by atoms with Gasteiger partial charge in [-0.3, -0.25) is 0 Å². The summed E-state index contributed by atoms with van der Waals surface area (Å²) in [7, 11) is 0. The van der Waals surface area contributed by atoms with E-state index in [1.54, 1.807) is 6.07 Å².